The van der Waals surface area contributed by atoms with Crippen LogP contribution in [0.4, 0.5) is 14.5 Å². The van der Waals surface area contributed by atoms with E-state index in [-0.39, 0.29) is 0 Å². The van der Waals surface area contributed by atoms with Crippen LogP contribution in [0.5, 0.6) is 0 Å². The Labute approximate surface area is 97.0 Å². The summed E-state index contributed by atoms with van der Waals surface area (Å²) in [4.78, 5) is 0. The summed E-state index contributed by atoms with van der Waals surface area (Å²) in [5.74, 6) is 0. The van der Waals surface area contributed by atoms with Crippen molar-refractivity contribution in [3.8, 4) is 0 Å². The minimum absolute atomic E-state index is 0.520. The van der Waals surface area contributed by atoms with Crippen molar-refractivity contribution < 1.29 is 8.78 Å². The highest BCUT2D eigenvalue weighted by Gasteiger charge is 2.11. The maximum Gasteiger partial charge on any atom is 0.333 e. The summed E-state index contributed by atoms with van der Waals surface area (Å²) >= 11 is 0. The normalized spacial score (nSPS) is 11.1. The predicted molar refractivity (Wildman–Crippen MR) is 58.8 cm³/mol. The predicted octanol–water partition coefficient (Wildman–Crippen LogP) is 1.93. The molecule has 5 nitrogen and oxygen atoms in total. The molecule has 0 fully saturated rings. The molecule has 0 radical (unpaired) electrons. The van der Waals surface area contributed by atoms with E-state index in [2.05, 4.69) is 15.5 Å². The van der Waals surface area contributed by atoms with E-state index >= 15 is 0 Å². The van der Waals surface area contributed by atoms with E-state index in [9.17, 15) is 8.78 Å². The number of alkyl halides is 2. The summed E-state index contributed by atoms with van der Waals surface area (Å²) in [5, 5.41) is 10.8. The maximum atomic E-state index is 12.4. The molecule has 17 heavy (non-hydrogen) atoms. The molecule has 1 N–H and O–H groups in total. The van der Waals surface area contributed by atoms with Crippen LogP contribution in [0.25, 0.3) is 0 Å². The zero-order chi connectivity index (χ0) is 12.4. The van der Waals surface area contributed by atoms with Crippen LogP contribution in [0, 0.1) is 6.92 Å². The van der Waals surface area contributed by atoms with E-state index < -0.39 is 6.55 Å². The van der Waals surface area contributed by atoms with Crippen LogP contribution in [-0.2, 0) is 13.6 Å². The van der Waals surface area contributed by atoms with Gasteiger partial charge >= 0.3 is 6.55 Å². The zero-order valence-electron chi connectivity index (χ0n) is 9.56. The van der Waals surface area contributed by atoms with Crippen LogP contribution in [0.2, 0.25) is 0 Å². The number of halogens is 2. The van der Waals surface area contributed by atoms with Crippen molar-refractivity contribution in [2.45, 2.75) is 20.0 Å². The highest BCUT2D eigenvalue weighted by molar-refractivity contribution is 5.45. The molecule has 7 heteroatoms. The Kier molecular flexibility index (Phi) is 3.08. The first-order chi connectivity index (χ1) is 8.08. The average molecular weight is 241 g/mol. The first kappa shape index (κ1) is 11.6. The SMILES string of the molecule is Cc1nn(C(F)F)cc1NCc1ccnn1C. The molecular formula is C10H13F2N5. The number of hydrogen-bond acceptors (Lipinski definition) is 3. The lowest BCUT2D eigenvalue weighted by Crippen LogP contribution is -2.05. The smallest absolute Gasteiger partial charge is 0.333 e. The summed E-state index contributed by atoms with van der Waals surface area (Å²) in [6, 6.07) is 1.86. The summed E-state index contributed by atoms with van der Waals surface area (Å²) < 4.78 is 27.2. The largest absolute Gasteiger partial charge is 0.377 e. The molecule has 0 aliphatic rings. The van der Waals surface area contributed by atoms with Crippen LogP contribution < -0.4 is 5.32 Å². The Balaban J connectivity index is 2.06. The molecule has 0 saturated heterocycles. The van der Waals surface area contributed by atoms with Crippen molar-refractivity contribution in [3.63, 3.8) is 0 Å². The minimum Gasteiger partial charge on any atom is -0.377 e. The lowest BCUT2D eigenvalue weighted by molar-refractivity contribution is 0.0563. The van der Waals surface area contributed by atoms with Gasteiger partial charge in [-0.1, -0.05) is 0 Å². The van der Waals surface area contributed by atoms with Crippen molar-refractivity contribution in [1.29, 1.82) is 0 Å². The second kappa shape index (κ2) is 4.52. The number of aromatic nitrogens is 4. The molecule has 0 saturated carbocycles. The quantitative estimate of drug-likeness (QED) is 0.889. The summed E-state index contributed by atoms with van der Waals surface area (Å²) in [6.07, 6.45) is 2.99. The van der Waals surface area contributed by atoms with Crippen molar-refractivity contribution in [2.75, 3.05) is 5.32 Å². The van der Waals surface area contributed by atoms with Gasteiger partial charge in [0.2, 0.25) is 0 Å². The molecule has 2 rings (SSSR count). The van der Waals surface area contributed by atoms with E-state index in [1.54, 1.807) is 17.8 Å². The summed E-state index contributed by atoms with van der Waals surface area (Å²) in [6.45, 7) is -0.405. The van der Waals surface area contributed by atoms with Crippen LogP contribution in [0.3, 0.4) is 0 Å². The lowest BCUT2D eigenvalue weighted by Gasteiger charge is -2.04. The van der Waals surface area contributed by atoms with Gasteiger partial charge in [0.15, 0.2) is 0 Å². The highest BCUT2D eigenvalue weighted by atomic mass is 19.3. The number of anilines is 1. The Hall–Kier alpha value is -1.92. The van der Waals surface area contributed by atoms with Gasteiger partial charge in [-0.2, -0.15) is 19.0 Å². The van der Waals surface area contributed by atoms with Crippen LogP contribution >= 0.6 is 0 Å². The van der Waals surface area contributed by atoms with Gasteiger partial charge in [-0.05, 0) is 13.0 Å². The van der Waals surface area contributed by atoms with Gasteiger partial charge in [-0.25, -0.2) is 4.68 Å². The molecule has 0 spiro atoms. The van der Waals surface area contributed by atoms with Crippen molar-refractivity contribution in [1.82, 2.24) is 19.6 Å². The number of nitrogens with zero attached hydrogens (tertiary/aromatic N) is 4. The fourth-order valence-corrected chi connectivity index (χ4v) is 1.52. The highest BCUT2D eigenvalue weighted by Crippen LogP contribution is 2.18. The first-order valence-electron chi connectivity index (χ1n) is 5.12. The fourth-order valence-electron chi connectivity index (χ4n) is 1.52. The van der Waals surface area contributed by atoms with Crippen molar-refractivity contribution in [2.24, 2.45) is 7.05 Å². The molecule has 0 bridgehead atoms. The molecule has 2 aromatic rings. The van der Waals surface area contributed by atoms with Crippen molar-refractivity contribution >= 4 is 5.69 Å². The molecule has 2 aromatic heterocycles. The molecule has 0 aromatic carbocycles. The van der Waals surface area contributed by atoms with Crippen LogP contribution in [-0.4, -0.2) is 19.6 Å². The third kappa shape index (κ3) is 2.43. The van der Waals surface area contributed by atoms with Gasteiger partial charge < -0.3 is 5.32 Å². The minimum atomic E-state index is -2.61. The summed E-state index contributed by atoms with van der Waals surface area (Å²) in [5.41, 5.74) is 2.12. The monoisotopic (exact) mass is 241 g/mol. The van der Waals surface area contributed by atoms with Crippen molar-refractivity contribution in [3.05, 3.63) is 29.8 Å². The zero-order valence-corrected chi connectivity index (χ0v) is 9.56. The number of nitrogens with one attached hydrogen (secondary N) is 1. The van der Waals surface area contributed by atoms with E-state index in [0.717, 1.165) is 5.69 Å². The number of aryl methyl sites for hydroxylation is 2. The maximum absolute atomic E-state index is 12.4. The van der Waals surface area contributed by atoms with Crippen LogP contribution in [0.15, 0.2) is 18.5 Å². The first-order valence-corrected chi connectivity index (χ1v) is 5.12. The Morgan fingerprint density at radius 3 is 2.76 bits per heavy atom. The second-order valence-corrected chi connectivity index (χ2v) is 3.69. The molecule has 0 unspecified atom stereocenters. The van der Waals surface area contributed by atoms with Gasteiger partial charge in [0, 0.05) is 13.2 Å². The van der Waals surface area contributed by atoms with E-state index in [1.165, 1.54) is 6.20 Å². The fraction of sp³-hybridized carbons (Fsp3) is 0.400. The molecule has 92 valence electrons. The van der Waals surface area contributed by atoms with Gasteiger partial charge in [0.1, 0.15) is 0 Å². The van der Waals surface area contributed by atoms with Gasteiger partial charge in [0.25, 0.3) is 0 Å². The Bertz CT molecular complexity index is 503. The van der Waals surface area contributed by atoms with Gasteiger partial charge in [-0.3, -0.25) is 4.68 Å². The Morgan fingerprint density at radius 1 is 1.47 bits per heavy atom. The summed E-state index contributed by atoms with van der Waals surface area (Å²) in [7, 11) is 1.83. The standard InChI is InChI=1S/C10H13F2N5/c1-7-9(6-17(15-7)10(11)12)13-5-8-3-4-14-16(8)2/h3-4,6,10,13H,5H2,1-2H3. The number of rotatable bonds is 4. The lowest BCUT2D eigenvalue weighted by atomic mass is 10.3. The number of hydrogen-bond donors (Lipinski definition) is 1. The molecule has 0 atom stereocenters. The Morgan fingerprint density at radius 2 is 2.24 bits per heavy atom. The molecule has 2 heterocycles. The second-order valence-electron chi connectivity index (χ2n) is 3.69. The molecule has 0 aliphatic carbocycles. The van der Waals surface area contributed by atoms with Gasteiger partial charge in [0.05, 0.1) is 29.8 Å². The average Bonchev–Trinajstić information content (AvgIpc) is 2.82. The van der Waals surface area contributed by atoms with E-state index in [4.69, 9.17) is 0 Å². The topological polar surface area (TPSA) is 47.7 Å². The van der Waals surface area contributed by atoms with Crippen LogP contribution in [0.1, 0.15) is 17.9 Å². The molecule has 0 amide bonds. The molecule has 0 aliphatic heterocycles. The molecular weight excluding hydrogens is 228 g/mol. The van der Waals surface area contributed by atoms with E-state index in [1.807, 2.05) is 13.1 Å². The van der Waals surface area contributed by atoms with Gasteiger partial charge in [-0.15, -0.1) is 0 Å². The van der Waals surface area contributed by atoms with E-state index in [0.29, 0.717) is 22.6 Å². The third-order valence-electron chi connectivity index (χ3n) is 2.50. The third-order valence-corrected chi connectivity index (χ3v) is 2.50.